The highest BCUT2D eigenvalue weighted by Crippen LogP contribution is 2.72. The Kier molecular flexibility index (Phi) is 6.50. The molecule has 0 aromatic carbocycles. The van der Waals surface area contributed by atoms with Gasteiger partial charge in [0, 0.05) is 18.1 Å². The van der Waals surface area contributed by atoms with Crippen molar-refractivity contribution < 1.29 is 55.3 Å². The second-order valence-electron chi connectivity index (χ2n) is 11.4. The number of carbonyl (C=O) groups excluding carboxylic acids is 1. The first-order valence-corrected chi connectivity index (χ1v) is 16.7. The zero-order valence-corrected chi connectivity index (χ0v) is 24.6. The normalized spacial score (nSPS) is 42.8. The molecule has 0 radical (unpaired) electrons. The van der Waals surface area contributed by atoms with E-state index in [1.807, 2.05) is 0 Å². The van der Waals surface area contributed by atoms with Crippen LogP contribution in [0.5, 0.6) is 0 Å². The van der Waals surface area contributed by atoms with Crippen molar-refractivity contribution in [1.29, 1.82) is 0 Å². The van der Waals surface area contributed by atoms with E-state index in [1.165, 1.54) is 23.4 Å². The quantitative estimate of drug-likeness (QED) is 0.329. The monoisotopic (exact) mass is 672 g/mol. The second kappa shape index (κ2) is 9.97. The topological polar surface area (TPSA) is 238 Å². The maximum atomic E-state index is 16.2. The van der Waals surface area contributed by atoms with Gasteiger partial charge in [0.1, 0.15) is 36.3 Å². The maximum absolute atomic E-state index is 16.2. The number of ketones is 1. The van der Waals surface area contributed by atoms with Crippen LogP contribution in [0.1, 0.15) is 35.6 Å². The lowest BCUT2D eigenvalue weighted by Gasteiger charge is -2.30. The second-order valence-corrected chi connectivity index (χ2v) is 14.2. The molecule has 2 aliphatic carbocycles. The van der Waals surface area contributed by atoms with Gasteiger partial charge in [-0.2, -0.15) is 0 Å². The summed E-state index contributed by atoms with van der Waals surface area (Å²) in [6.45, 7) is -1.53. The molecule has 11 atom stereocenters. The number of Topliss-reactive ketones (excluding diaryl/α,β-unsaturated/α-hetero) is 1. The summed E-state index contributed by atoms with van der Waals surface area (Å²) in [6, 6.07) is -1.05. The Morgan fingerprint density at radius 2 is 1.80 bits per heavy atom. The lowest BCUT2D eigenvalue weighted by molar-refractivity contribution is -0.0595. The highest BCUT2D eigenvalue weighted by molar-refractivity contribution is 7.47. The molecule has 0 amide bonds. The fraction of sp³-hybridized carbons (Fsp3) is 0.565. The van der Waals surface area contributed by atoms with Crippen molar-refractivity contribution in [2.24, 2.45) is 16.3 Å². The number of imidazole rings is 2. The standard InChI is InChI=1S/C23H24F2N8O10P2/c24-12-16(32-7-31-15-19(26)28-6-29-21(15)32)9-3-23(9)5-40-45(37,38)42-17-11(4-39-44(35,36)43-18(12)23)41-22(13(17)25)33-8-30-14-10(34)1-2-27-20(14)33/h2,6-9,11-13,16-18,22H,1,3-5H2,(H,35,36)(H,37,38)(H2,26,28,29)/t9-,11-,12+,13-,16-,17-,18+,22-,23+/m1/s1. The molecular formula is C23H24F2N8O10P2. The summed E-state index contributed by atoms with van der Waals surface area (Å²) in [5, 5.41) is 0. The Hall–Kier alpha value is -3.06. The number of hydrogen-bond acceptors (Lipinski definition) is 14. The number of aliphatic imine (C=N–C) groups is 1. The summed E-state index contributed by atoms with van der Waals surface area (Å²) >= 11 is 0. The van der Waals surface area contributed by atoms with Crippen molar-refractivity contribution in [3.05, 3.63) is 24.7 Å². The number of nitrogen functional groups attached to an aromatic ring is 1. The molecule has 45 heavy (non-hydrogen) atoms. The Balaban J connectivity index is 1.10. The fourth-order valence-corrected chi connectivity index (χ4v) is 8.82. The van der Waals surface area contributed by atoms with E-state index in [-0.39, 0.29) is 47.1 Å². The number of anilines is 1. The summed E-state index contributed by atoms with van der Waals surface area (Å²) < 4.78 is 87.8. The highest BCUT2D eigenvalue weighted by atomic mass is 31.2. The molecule has 2 saturated carbocycles. The Morgan fingerprint density at radius 3 is 2.62 bits per heavy atom. The van der Waals surface area contributed by atoms with Crippen LogP contribution in [0, 0.1) is 11.3 Å². The third-order valence-corrected chi connectivity index (χ3v) is 10.9. The van der Waals surface area contributed by atoms with Crippen LogP contribution in [-0.2, 0) is 32.0 Å². The molecule has 0 bridgehead atoms. The Labute approximate surface area is 250 Å². The maximum Gasteiger partial charge on any atom is 0.472 e. The molecule has 3 aromatic rings. The van der Waals surface area contributed by atoms with Gasteiger partial charge < -0.3 is 24.8 Å². The predicted octanol–water partition coefficient (Wildman–Crippen LogP) is 1.75. The van der Waals surface area contributed by atoms with E-state index < -0.39 is 83.1 Å². The minimum Gasteiger partial charge on any atom is -0.382 e. The van der Waals surface area contributed by atoms with Crippen LogP contribution in [-0.4, -0.2) is 94.7 Å². The van der Waals surface area contributed by atoms with Gasteiger partial charge in [0.05, 0.1) is 31.9 Å². The van der Waals surface area contributed by atoms with Gasteiger partial charge in [-0.05, 0) is 12.3 Å². The van der Waals surface area contributed by atoms with Gasteiger partial charge in [-0.15, -0.1) is 0 Å². The van der Waals surface area contributed by atoms with Crippen molar-refractivity contribution in [3.63, 3.8) is 0 Å². The number of phosphoric ester groups is 2. The van der Waals surface area contributed by atoms with Gasteiger partial charge >= 0.3 is 15.6 Å². The van der Waals surface area contributed by atoms with E-state index in [2.05, 4.69) is 24.9 Å². The van der Waals surface area contributed by atoms with Crippen LogP contribution in [0.4, 0.5) is 20.4 Å². The molecule has 5 aliphatic rings. The molecule has 3 aromatic heterocycles. The van der Waals surface area contributed by atoms with Crippen molar-refractivity contribution in [3.8, 4) is 0 Å². The average Bonchev–Trinajstić information content (AvgIpc) is 3.27. The van der Waals surface area contributed by atoms with Gasteiger partial charge in [0.25, 0.3) is 0 Å². The lowest BCUT2D eigenvalue weighted by atomic mass is 10.0. The average molecular weight is 672 g/mol. The summed E-state index contributed by atoms with van der Waals surface area (Å²) in [7, 11) is -10.1. The van der Waals surface area contributed by atoms with E-state index in [0.29, 0.717) is 0 Å². The number of fused-ring (bicyclic) bond motifs is 3. The van der Waals surface area contributed by atoms with E-state index in [0.717, 1.165) is 10.9 Å². The zero-order chi connectivity index (χ0) is 31.5. The molecule has 3 aliphatic heterocycles. The van der Waals surface area contributed by atoms with Gasteiger partial charge in [-0.3, -0.25) is 27.5 Å². The first-order chi connectivity index (χ1) is 21.4. The predicted molar refractivity (Wildman–Crippen MR) is 144 cm³/mol. The minimum atomic E-state index is -5.07. The zero-order valence-electron chi connectivity index (χ0n) is 22.8. The minimum absolute atomic E-state index is 0.000646. The number of carbonyl (C=O) groups is 1. The van der Waals surface area contributed by atoms with Crippen LogP contribution in [0.15, 0.2) is 24.0 Å². The third kappa shape index (κ3) is 4.54. The van der Waals surface area contributed by atoms with Gasteiger partial charge in [0.15, 0.2) is 41.2 Å². The number of ether oxygens (including phenoxy) is 1. The van der Waals surface area contributed by atoms with Gasteiger partial charge in [0.2, 0.25) is 0 Å². The van der Waals surface area contributed by atoms with E-state index in [9.17, 15) is 23.7 Å². The molecular weight excluding hydrogens is 648 g/mol. The van der Waals surface area contributed by atoms with E-state index >= 15 is 8.78 Å². The number of halogens is 2. The van der Waals surface area contributed by atoms with Crippen LogP contribution in [0.3, 0.4) is 0 Å². The number of alkyl halides is 2. The highest BCUT2D eigenvalue weighted by Gasteiger charge is 2.75. The number of hydrogen-bond donors (Lipinski definition) is 3. The molecule has 2 unspecified atom stereocenters. The summed E-state index contributed by atoms with van der Waals surface area (Å²) in [5.74, 6) is -0.941. The van der Waals surface area contributed by atoms with Crippen LogP contribution < -0.4 is 5.73 Å². The van der Waals surface area contributed by atoms with Crippen molar-refractivity contribution >= 4 is 50.4 Å². The molecule has 22 heteroatoms. The van der Waals surface area contributed by atoms with E-state index in [1.54, 1.807) is 0 Å². The lowest BCUT2D eigenvalue weighted by Crippen LogP contribution is -2.38. The van der Waals surface area contributed by atoms with Crippen molar-refractivity contribution in [1.82, 2.24) is 29.1 Å². The largest absolute Gasteiger partial charge is 0.472 e. The first-order valence-electron chi connectivity index (χ1n) is 13.7. The molecule has 1 spiro atoms. The molecule has 2 saturated heterocycles. The number of aromatic nitrogens is 6. The molecule has 6 heterocycles. The summed E-state index contributed by atoms with van der Waals surface area (Å²) in [5.41, 5.74) is 4.90. The van der Waals surface area contributed by atoms with E-state index in [4.69, 9.17) is 28.6 Å². The summed E-state index contributed by atoms with van der Waals surface area (Å²) in [4.78, 5) is 53.8. The molecule has 240 valence electrons. The molecule has 18 nitrogen and oxygen atoms in total. The van der Waals surface area contributed by atoms with Gasteiger partial charge in [-0.25, -0.2) is 42.8 Å². The van der Waals surface area contributed by atoms with Gasteiger partial charge in [-0.1, -0.05) is 0 Å². The first kappa shape index (κ1) is 29.3. The Bertz CT molecular complexity index is 1860. The number of rotatable bonds is 2. The number of nitrogens with two attached hydrogens (primary N) is 1. The smallest absolute Gasteiger partial charge is 0.382 e. The summed E-state index contributed by atoms with van der Waals surface area (Å²) in [6.07, 6.45) is -5.75. The van der Waals surface area contributed by atoms with Crippen LogP contribution in [0.25, 0.3) is 11.2 Å². The third-order valence-electron chi connectivity index (χ3n) is 8.94. The van der Waals surface area contributed by atoms with Crippen molar-refractivity contribution in [2.45, 2.75) is 55.8 Å². The van der Waals surface area contributed by atoms with Crippen molar-refractivity contribution in [2.75, 3.05) is 18.9 Å². The number of nitrogens with zero attached hydrogens (tertiary/aromatic N) is 7. The fourth-order valence-electron chi connectivity index (χ4n) is 6.79. The molecule has 8 rings (SSSR count). The SMILES string of the molecule is Nc1ncnc2c1ncn2[C@H]1[C@H](F)[C@@H]2OP(=O)(O)OC[C@H]3O[C@@H](n4cnc5c4N=CCC5=O)[C@H](F)[C@@H]3OP(=O)(O)OC[C@]23C[C@H]13. The molecule has 4 N–H and O–H groups in total. The molecule has 4 fully saturated rings. The number of phosphoric acid groups is 2. The Morgan fingerprint density at radius 1 is 1.02 bits per heavy atom. The van der Waals surface area contributed by atoms with Crippen LogP contribution >= 0.6 is 15.6 Å². The van der Waals surface area contributed by atoms with Crippen LogP contribution in [0.2, 0.25) is 0 Å².